The highest BCUT2D eigenvalue weighted by molar-refractivity contribution is 4.84. The lowest BCUT2D eigenvalue weighted by molar-refractivity contribution is 0.0682. The summed E-state index contributed by atoms with van der Waals surface area (Å²) < 4.78 is 0. The van der Waals surface area contributed by atoms with Crippen LogP contribution in [-0.2, 0) is 0 Å². The molecule has 0 aromatic carbocycles. The van der Waals surface area contributed by atoms with Crippen LogP contribution in [0, 0.1) is 35.5 Å². The van der Waals surface area contributed by atoms with E-state index in [9.17, 15) is 0 Å². The van der Waals surface area contributed by atoms with Crippen LogP contribution in [-0.4, -0.2) is 0 Å². The first-order valence-corrected chi connectivity index (χ1v) is 6.43. The van der Waals surface area contributed by atoms with Gasteiger partial charge in [0, 0.05) is 0 Å². The second kappa shape index (κ2) is 4.68. The zero-order valence-corrected chi connectivity index (χ0v) is 10.9. The summed E-state index contributed by atoms with van der Waals surface area (Å²) in [5.41, 5.74) is 0. The Morgan fingerprint density at radius 1 is 0.857 bits per heavy atom. The molecule has 0 heterocycles. The van der Waals surface area contributed by atoms with Crippen LogP contribution in [0.3, 0.4) is 0 Å². The van der Waals surface area contributed by atoms with Crippen LogP contribution in [0.2, 0.25) is 0 Å². The SMILES string of the molecule is CC1CC(C)C(C(C)C(C)C)C(C)C1. The maximum Gasteiger partial charge on any atom is -0.0334 e. The zero-order valence-electron chi connectivity index (χ0n) is 10.9. The van der Waals surface area contributed by atoms with Crippen LogP contribution >= 0.6 is 0 Å². The molecule has 84 valence electrons. The van der Waals surface area contributed by atoms with Gasteiger partial charge in [0.15, 0.2) is 0 Å². The summed E-state index contributed by atoms with van der Waals surface area (Å²) >= 11 is 0. The van der Waals surface area contributed by atoms with E-state index < -0.39 is 0 Å². The van der Waals surface area contributed by atoms with Crippen molar-refractivity contribution in [2.24, 2.45) is 35.5 Å². The van der Waals surface area contributed by atoms with Gasteiger partial charge in [-0.2, -0.15) is 0 Å². The van der Waals surface area contributed by atoms with E-state index in [1.807, 2.05) is 0 Å². The van der Waals surface area contributed by atoms with Gasteiger partial charge in [0.2, 0.25) is 0 Å². The minimum absolute atomic E-state index is 0.846. The van der Waals surface area contributed by atoms with Crippen LogP contribution in [0.25, 0.3) is 0 Å². The molecule has 0 nitrogen and oxygen atoms in total. The Kier molecular flexibility index (Phi) is 4.04. The zero-order chi connectivity index (χ0) is 10.9. The highest BCUT2D eigenvalue weighted by Crippen LogP contribution is 2.43. The Labute approximate surface area is 90.5 Å². The van der Waals surface area contributed by atoms with Crippen molar-refractivity contribution in [1.82, 2.24) is 0 Å². The van der Waals surface area contributed by atoms with Gasteiger partial charge in [0.25, 0.3) is 0 Å². The van der Waals surface area contributed by atoms with Crippen LogP contribution in [0.1, 0.15) is 54.4 Å². The van der Waals surface area contributed by atoms with Crippen LogP contribution < -0.4 is 0 Å². The Balaban J connectivity index is 2.66. The molecule has 1 aliphatic rings. The summed E-state index contributed by atoms with van der Waals surface area (Å²) in [6, 6.07) is 0. The number of rotatable bonds is 2. The monoisotopic (exact) mass is 196 g/mol. The molecule has 1 fully saturated rings. The summed E-state index contributed by atoms with van der Waals surface area (Å²) in [6.07, 6.45) is 2.90. The molecule has 1 saturated carbocycles. The van der Waals surface area contributed by atoms with E-state index in [1.165, 1.54) is 12.8 Å². The van der Waals surface area contributed by atoms with Gasteiger partial charge in [-0.3, -0.25) is 0 Å². The van der Waals surface area contributed by atoms with Crippen molar-refractivity contribution >= 4 is 0 Å². The molecule has 3 atom stereocenters. The van der Waals surface area contributed by atoms with Crippen LogP contribution in [0.4, 0.5) is 0 Å². The van der Waals surface area contributed by atoms with Crippen molar-refractivity contribution in [3.63, 3.8) is 0 Å². The van der Waals surface area contributed by atoms with Crippen molar-refractivity contribution in [2.75, 3.05) is 0 Å². The largest absolute Gasteiger partial charge is 0.0625 e. The minimum atomic E-state index is 0.846. The molecule has 0 amide bonds. The van der Waals surface area contributed by atoms with Crippen molar-refractivity contribution in [3.05, 3.63) is 0 Å². The van der Waals surface area contributed by atoms with E-state index in [4.69, 9.17) is 0 Å². The van der Waals surface area contributed by atoms with Crippen molar-refractivity contribution in [1.29, 1.82) is 0 Å². The van der Waals surface area contributed by atoms with Gasteiger partial charge >= 0.3 is 0 Å². The fourth-order valence-corrected chi connectivity index (χ4v) is 3.72. The van der Waals surface area contributed by atoms with Gasteiger partial charge in [-0.15, -0.1) is 0 Å². The van der Waals surface area contributed by atoms with E-state index in [0.29, 0.717) is 0 Å². The molecule has 1 rings (SSSR count). The molecule has 0 radical (unpaired) electrons. The maximum atomic E-state index is 2.47. The highest BCUT2D eigenvalue weighted by atomic mass is 14.4. The summed E-state index contributed by atoms with van der Waals surface area (Å²) in [7, 11) is 0. The van der Waals surface area contributed by atoms with Crippen molar-refractivity contribution in [3.8, 4) is 0 Å². The Morgan fingerprint density at radius 3 is 1.64 bits per heavy atom. The van der Waals surface area contributed by atoms with Gasteiger partial charge in [-0.25, -0.2) is 0 Å². The third-order valence-corrected chi connectivity index (χ3v) is 4.52. The van der Waals surface area contributed by atoms with Crippen LogP contribution in [0.5, 0.6) is 0 Å². The van der Waals surface area contributed by atoms with E-state index in [-0.39, 0.29) is 0 Å². The summed E-state index contributed by atoms with van der Waals surface area (Å²) in [5.74, 6) is 5.53. The molecule has 0 aromatic rings. The predicted molar refractivity (Wildman–Crippen MR) is 64.2 cm³/mol. The fraction of sp³-hybridized carbons (Fsp3) is 1.00. The average Bonchev–Trinajstić information content (AvgIpc) is 2.01. The first-order chi connectivity index (χ1) is 6.43. The highest BCUT2D eigenvalue weighted by Gasteiger charge is 2.35. The van der Waals surface area contributed by atoms with E-state index in [2.05, 4.69) is 41.5 Å². The molecule has 0 bridgehead atoms. The van der Waals surface area contributed by atoms with Gasteiger partial charge in [-0.1, -0.05) is 41.5 Å². The molecule has 0 aliphatic heterocycles. The number of hydrogen-bond donors (Lipinski definition) is 0. The molecular weight excluding hydrogens is 168 g/mol. The third kappa shape index (κ3) is 2.52. The lowest BCUT2D eigenvalue weighted by Crippen LogP contribution is -2.35. The molecule has 0 aromatic heterocycles. The minimum Gasteiger partial charge on any atom is -0.0625 e. The lowest BCUT2D eigenvalue weighted by atomic mass is 9.63. The van der Waals surface area contributed by atoms with Gasteiger partial charge in [-0.05, 0) is 48.3 Å². The topological polar surface area (TPSA) is 0 Å². The van der Waals surface area contributed by atoms with Crippen LogP contribution in [0.15, 0.2) is 0 Å². The smallest absolute Gasteiger partial charge is 0.0334 e. The summed E-state index contributed by atoms with van der Waals surface area (Å²) in [6.45, 7) is 14.6. The van der Waals surface area contributed by atoms with E-state index in [1.54, 1.807) is 0 Å². The quantitative estimate of drug-likeness (QED) is 0.605. The summed E-state index contributed by atoms with van der Waals surface area (Å²) in [4.78, 5) is 0. The molecule has 3 unspecified atom stereocenters. The first-order valence-electron chi connectivity index (χ1n) is 6.43. The van der Waals surface area contributed by atoms with Gasteiger partial charge in [0.05, 0.1) is 0 Å². The van der Waals surface area contributed by atoms with Crippen molar-refractivity contribution in [2.45, 2.75) is 54.4 Å². The second-order valence-electron chi connectivity index (χ2n) is 6.21. The normalized spacial score (nSPS) is 41.4. The standard InChI is InChI=1S/C14H28/c1-9(2)13(6)14-11(4)7-10(3)8-12(14)5/h9-14H,7-8H2,1-6H3. The molecule has 0 saturated heterocycles. The summed E-state index contributed by atoms with van der Waals surface area (Å²) in [5, 5.41) is 0. The Bertz CT molecular complexity index is 159. The lowest BCUT2D eigenvalue weighted by Gasteiger charge is -2.42. The fourth-order valence-electron chi connectivity index (χ4n) is 3.72. The van der Waals surface area contributed by atoms with Gasteiger partial charge < -0.3 is 0 Å². The molecule has 14 heavy (non-hydrogen) atoms. The molecule has 0 N–H and O–H groups in total. The molecule has 0 heteroatoms. The molecular formula is C14H28. The molecule has 1 aliphatic carbocycles. The predicted octanol–water partition coefficient (Wildman–Crippen LogP) is 4.60. The van der Waals surface area contributed by atoms with Crippen molar-refractivity contribution < 1.29 is 0 Å². The van der Waals surface area contributed by atoms with Gasteiger partial charge in [0.1, 0.15) is 0 Å². The second-order valence-corrected chi connectivity index (χ2v) is 6.21. The molecule has 0 spiro atoms. The third-order valence-electron chi connectivity index (χ3n) is 4.52. The maximum absolute atomic E-state index is 2.47. The van der Waals surface area contributed by atoms with E-state index in [0.717, 1.165) is 35.5 Å². The Hall–Kier alpha value is 0. The Morgan fingerprint density at radius 2 is 1.29 bits per heavy atom. The number of hydrogen-bond acceptors (Lipinski definition) is 0. The van der Waals surface area contributed by atoms with E-state index >= 15 is 0 Å². The first kappa shape index (κ1) is 12.1. The average molecular weight is 196 g/mol.